The summed E-state index contributed by atoms with van der Waals surface area (Å²) in [5.74, 6) is 0.825. The van der Waals surface area contributed by atoms with Gasteiger partial charge in [0.2, 0.25) is 0 Å². The monoisotopic (exact) mass is 192 g/mol. The van der Waals surface area contributed by atoms with Gasteiger partial charge in [-0.1, -0.05) is 18.2 Å². The van der Waals surface area contributed by atoms with E-state index in [1.165, 1.54) is 0 Å². The molecule has 1 aromatic carbocycles. The first-order valence-electron chi connectivity index (χ1n) is 4.22. The van der Waals surface area contributed by atoms with Gasteiger partial charge < -0.3 is 9.47 Å². The van der Waals surface area contributed by atoms with Gasteiger partial charge in [-0.2, -0.15) is 0 Å². The predicted octanol–water partition coefficient (Wildman–Crippen LogP) is 1.88. The molecule has 0 aliphatic carbocycles. The lowest BCUT2D eigenvalue weighted by Crippen LogP contribution is -1.85. The van der Waals surface area contributed by atoms with E-state index in [9.17, 15) is 4.79 Å². The lowest BCUT2D eigenvalue weighted by molar-refractivity contribution is -0.127. The van der Waals surface area contributed by atoms with Gasteiger partial charge in [0, 0.05) is 0 Å². The molecule has 3 heteroatoms. The van der Waals surface area contributed by atoms with Crippen LogP contribution in [-0.2, 0) is 9.53 Å². The van der Waals surface area contributed by atoms with Gasteiger partial charge in [-0.25, -0.2) is 0 Å². The van der Waals surface area contributed by atoms with Crippen molar-refractivity contribution in [2.45, 2.75) is 0 Å². The summed E-state index contributed by atoms with van der Waals surface area (Å²) in [6.07, 6.45) is 3.65. The van der Waals surface area contributed by atoms with Crippen LogP contribution in [0.5, 0.6) is 5.75 Å². The zero-order valence-corrected chi connectivity index (χ0v) is 7.97. The predicted molar refractivity (Wildman–Crippen MR) is 54.0 cm³/mol. The van der Waals surface area contributed by atoms with Crippen molar-refractivity contribution in [3.63, 3.8) is 0 Å². The fraction of sp³-hybridized carbons (Fsp3) is 0.182. The molecule has 0 saturated heterocycles. The summed E-state index contributed by atoms with van der Waals surface area (Å²) >= 11 is 0. The average molecular weight is 192 g/mol. The van der Waals surface area contributed by atoms with Crippen molar-refractivity contribution >= 4 is 12.5 Å². The quantitative estimate of drug-likeness (QED) is 0.528. The summed E-state index contributed by atoms with van der Waals surface area (Å²) in [4.78, 5) is 9.83. The zero-order valence-electron chi connectivity index (χ0n) is 7.97. The van der Waals surface area contributed by atoms with Crippen LogP contribution in [0, 0.1) is 0 Å². The summed E-state index contributed by atoms with van der Waals surface area (Å²) in [5.41, 5.74) is 1.04. The van der Waals surface area contributed by atoms with Crippen LogP contribution in [0.1, 0.15) is 5.56 Å². The Morgan fingerprint density at radius 1 is 1.29 bits per heavy atom. The fourth-order valence-electron chi connectivity index (χ4n) is 0.994. The Morgan fingerprint density at radius 2 is 2.00 bits per heavy atom. The van der Waals surface area contributed by atoms with Crippen LogP contribution in [0.15, 0.2) is 30.3 Å². The zero-order chi connectivity index (χ0) is 10.2. The van der Waals surface area contributed by atoms with Crippen LogP contribution in [0.4, 0.5) is 0 Å². The van der Waals surface area contributed by atoms with Crippen LogP contribution >= 0.6 is 0 Å². The Hall–Kier alpha value is -1.77. The molecule has 74 valence electrons. The fourth-order valence-corrected chi connectivity index (χ4v) is 0.994. The third-order valence-corrected chi connectivity index (χ3v) is 1.69. The van der Waals surface area contributed by atoms with Gasteiger partial charge in [-0.15, -0.1) is 0 Å². The Bertz CT molecular complexity index is 301. The van der Waals surface area contributed by atoms with Gasteiger partial charge in [0.05, 0.1) is 7.11 Å². The van der Waals surface area contributed by atoms with E-state index in [1.807, 2.05) is 30.3 Å². The summed E-state index contributed by atoms with van der Waals surface area (Å²) in [6.45, 7) is 0.730. The van der Waals surface area contributed by atoms with Crippen LogP contribution < -0.4 is 4.74 Å². The molecule has 0 N–H and O–H groups in total. The molecule has 0 bridgehead atoms. The van der Waals surface area contributed by atoms with Gasteiger partial charge in [-0.05, 0) is 23.8 Å². The average Bonchev–Trinajstić information content (AvgIpc) is 2.25. The normalized spacial score (nSPS) is 10.1. The first kappa shape index (κ1) is 10.3. The highest BCUT2D eigenvalue weighted by atomic mass is 16.5. The molecule has 14 heavy (non-hydrogen) atoms. The largest absolute Gasteiger partial charge is 0.497 e. The van der Waals surface area contributed by atoms with Crippen molar-refractivity contribution < 1.29 is 14.3 Å². The van der Waals surface area contributed by atoms with Crippen molar-refractivity contribution in [3.05, 3.63) is 35.9 Å². The third kappa shape index (κ3) is 3.31. The minimum absolute atomic E-state index is 0.301. The maximum absolute atomic E-state index is 9.83. The summed E-state index contributed by atoms with van der Waals surface area (Å²) in [7, 11) is 1.63. The highest BCUT2D eigenvalue weighted by Crippen LogP contribution is 2.11. The number of methoxy groups -OCH3 is 1. The lowest BCUT2D eigenvalue weighted by Gasteiger charge is -1.98. The van der Waals surface area contributed by atoms with Crippen molar-refractivity contribution in [3.8, 4) is 5.75 Å². The Labute approximate surface area is 83.0 Å². The molecule has 0 atom stereocenters. The van der Waals surface area contributed by atoms with Gasteiger partial charge in [0.15, 0.2) is 0 Å². The van der Waals surface area contributed by atoms with Crippen LogP contribution in [-0.4, -0.2) is 20.2 Å². The highest BCUT2D eigenvalue weighted by molar-refractivity contribution is 5.50. The third-order valence-electron chi connectivity index (χ3n) is 1.69. The van der Waals surface area contributed by atoms with Crippen molar-refractivity contribution in [1.82, 2.24) is 0 Å². The molecule has 0 radical (unpaired) electrons. The number of carbonyl (C=O) groups excluding carboxylic acids is 1. The van der Waals surface area contributed by atoms with Gasteiger partial charge >= 0.3 is 0 Å². The van der Waals surface area contributed by atoms with Crippen LogP contribution in [0.2, 0.25) is 0 Å². The van der Waals surface area contributed by atoms with Crippen LogP contribution in [0.3, 0.4) is 0 Å². The van der Waals surface area contributed by atoms with Crippen molar-refractivity contribution in [2.75, 3.05) is 13.7 Å². The molecule has 0 amide bonds. The second kappa shape index (κ2) is 5.80. The lowest BCUT2D eigenvalue weighted by atomic mass is 10.2. The molecule has 3 nitrogen and oxygen atoms in total. The highest BCUT2D eigenvalue weighted by Gasteiger charge is 1.89. The number of carbonyl (C=O) groups is 1. The van der Waals surface area contributed by atoms with Crippen LogP contribution in [0.25, 0.3) is 6.08 Å². The van der Waals surface area contributed by atoms with Gasteiger partial charge in [0.25, 0.3) is 6.47 Å². The standard InChI is InChI=1S/C11H12O3/c1-13-11-6-4-10(5-7-11)3-2-8-14-9-12/h2-7,9H,8H2,1H3. The number of hydrogen-bond acceptors (Lipinski definition) is 3. The number of benzene rings is 1. The van der Waals surface area contributed by atoms with E-state index in [0.717, 1.165) is 11.3 Å². The first-order chi connectivity index (χ1) is 6.86. The molecule has 0 aromatic heterocycles. The van der Waals surface area contributed by atoms with E-state index in [2.05, 4.69) is 4.74 Å². The second-order valence-electron chi connectivity index (χ2n) is 2.61. The molecule has 1 rings (SSSR count). The Balaban J connectivity index is 2.50. The molecular formula is C11H12O3. The Kier molecular flexibility index (Phi) is 4.27. The molecule has 0 unspecified atom stereocenters. The maximum Gasteiger partial charge on any atom is 0.293 e. The molecule has 0 fully saturated rings. The van der Waals surface area contributed by atoms with E-state index in [4.69, 9.17) is 4.74 Å². The molecule has 0 heterocycles. The maximum atomic E-state index is 9.83. The van der Waals surface area contributed by atoms with E-state index in [0.29, 0.717) is 13.1 Å². The summed E-state index contributed by atoms with van der Waals surface area (Å²) in [5, 5.41) is 0. The van der Waals surface area contributed by atoms with Gasteiger partial charge in [-0.3, -0.25) is 4.79 Å². The number of hydrogen-bond donors (Lipinski definition) is 0. The minimum Gasteiger partial charge on any atom is -0.497 e. The van der Waals surface area contributed by atoms with E-state index in [-0.39, 0.29) is 0 Å². The van der Waals surface area contributed by atoms with Crippen molar-refractivity contribution in [2.24, 2.45) is 0 Å². The Morgan fingerprint density at radius 3 is 2.57 bits per heavy atom. The minimum atomic E-state index is 0.301. The topological polar surface area (TPSA) is 35.5 Å². The molecule has 0 spiro atoms. The van der Waals surface area contributed by atoms with E-state index >= 15 is 0 Å². The van der Waals surface area contributed by atoms with Crippen molar-refractivity contribution in [1.29, 1.82) is 0 Å². The molecule has 0 aliphatic rings. The number of ether oxygens (including phenoxy) is 2. The molecule has 0 aliphatic heterocycles. The second-order valence-corrected chi connectivity index (χ2v) is 2.61. The number of rotatable bonds is 5. The van der Waals surface area contributed by atoms with Gasteiger partial charge in [0.1, 0.15) is 12.4 Å². The summed E-state index contributed by atoms with van der Waals surface area (Å²) < 4.78 is 9.53. The smallest absolute Gasteiger partial charge is 0.293 e. The molecular weight excluding hydrogens is 180 g/mol. The van der Waals surface area contributed by atoms with E-state index in [1.54, 1.807) is 13.2 Å². The summed E-state index contributed by atoms with van der Waals surface area (Å²) in [6, 6.07) is 7.60. The van der Waals surface area contributed by atoms with E-state index < -0.39 is 0 Å². The SMILES string of the molecule is COc1ccc(C=CCOC=O)cc1. The molecule has 0 saturated carbocycles. The molecule has 1 aromatic rings. The first-order valence-corrected chi connectivity index (χ1v) is 4.22.